The van der Waals surface area contributed by atoms with Crippen LogP contribution in [-0.2, 0) is 9.59 Å². The van der Waals surface area contributed by atoms with E-state index in [2.05, 4.69) is 19.2 Å². The Kier molecular flexibility index (Phi) is 3.74. The van der Waals surface area contributed by atoms with Crippen LogP contribution in [0.15, 0.2) is 0 Å². The number of hydrogen-bond donors (Lipinski definition) is 1. The predicted octanol–water partition coefficient (Wildman–Crippen LogP) is 1.65. The summed E-state index contributed by atoms with van der Waals surface area (Å²) in [6.07, 6.45) is 4.31. The third-order valence-electron chi connectivity index (χ3n) is 5.27. The number of amides is 2. The van der Waals surface area contributed by atoms with E-state index >= 15 is 0 Å². The summed E-state index contributed by atoms with van der Waals surface area (Å²) >= 11 is 0. The van der Waals surface area contributed by atoms with Gasteiger partial charge in [0.05, 0.1) is 0 Å². The van der Waals surface area contributed by atoms with Crippen molar-refractivity contribution in [2.24, 2.45) is 29.6 Å². The fraction of sp³-hybridized carbons (Fsp3) is 0.875. The number of piperidine rings is 1. The summed E-state index contributed by atoms with van der Waals surface area (Å²) in [5.41, 5.74) is 0. The van der Waals surface area contributed by atoms with Gasteiger partial charge in [-0.1, -0.05) is 13.8 Å². The summed E-state index contributed by atoms with van der Waals surface area (Å²) in [4.78, 5) is 26.1. The molecule has 1 saturated heterocycles. The number of hydrogen-bond acceptors (Lipinski definition) is 2. The zero-order chi connectivity index (χ0) is 14.3. The average Bonchev–Trinajstić information content (AvgIpc) is 3.34. The van der Waals surface area contributed by atoms with E-state index in [-0.39, 0.29) is 17.7 Å². The number of carbonyl (C=O) groups is 2. The fourth-order valence-corrected chi connectivity index (χ4v) is 3.40. The summed E-state index contributed by atoms with van der Waals surface area (Å²) in [6.45, 7) is 6.77. The van der Waals surface area contributed by atoms with E-state index < -0.39 is 0 Å². The Bertz CT molecular complexity index is 409. The molecule has 3 fully saturated rings. The Morgan fingerprint density at radius 3 is 2.40 bits per heavy atom. The molecule has 2 aliphatic carbocycles. The highest BCUT2D eigenvalue weighted by Gasteiger charge is 2.42. The highest BCUT2D eigenvalue weighted by atomic mass is 16.2. The van der Waals surface area contributed by atoms with Crippen molar-refractivity contribution < 1.29 is 9.59 Å². The second-order valence-corrected chi connectivity index (χ2v) is 7.18. The Labute approximate surface area is 121 Å². The van der Waals surface area contributed by atoms with Crippen molar-refractivity contribution in [3.63, 3.8) is 0 Å². The van der Waals surface area contributed by atoms with E-state index in [1.54, 1.807) is 0 Å². The van der Waals surface area contributed by atoms with Gasteiger partial charge in [-0.2, -0.15) is 0 Å². The van der Waals surface area contributed by atoms with E-state index in [0.29, 0.717) is 23.7 Å². The van der Waals surface area contributed by atoms with Gasteiger partial charge in [-0.05, 0) is 43.4 Å². The molecule has 0 aromatic heterocycles. The van der Waals surface area contributed by atoms with Gasteiger partial charge >= 0.3 is 0 Å². The molecule has 0 bridgehead atoms. The molecule has 1 aliphatic heterocycles. The topological polar surface area (TPSA) is 49.4 Å². The van der Waals surface area contributed by atoms with Crippen molar-refractivity contribution in [1.82, 2.24) is 10.2 Å². The van der Waals surface area contributed by atoms with Crippen LogP contribution in [0.1, 0.15) is 39.5 Å². The Balaban J connectivity index is 1.43. The van der Waals surface area contributed by atoms with Crippen molar-refractivity contribution in [2.45, 2.75) is 39.5 Å². The molecule has 20 heavy (non-hydrogen) atoms. The summed E-state index contributed by atoms with van der Waals surface area (Å²) < 4.78 is 0. The van der Waals surface area contributed by atoms with Crippen LogP contribution in [0, 0.1) is 29.6 Å². The largest absolute Gasteiger partial charge is 0.356 e. The van der Waals surface area contributed by atoms with Gasteiger partial charge in [0.25, 0.3) is 0 Å². The van der Waals surface area contributed by atoms with Gasteiger partial charge < -0.3 is 10.2 Å². The quantitative estimate of drug-likeness (QED) is 0.850. The maximum absolute atomic E-state index is 12.3. The minimum absolute atomic E-state index is 0.219. The predicted molar refractivity (Wildman–Crippen MR) is 76.9 cm³/mol. The molecule has 4 nitrogen and oxygen atoms in total. The Morgan fingerprint density at radius 2 is 1.80 bits per heavy atom. The van der Waals surface area contributed by atoms with Crippen molar-refractivity contribution in [1.29, 1.82) is 0 Å². The highest BCUT2D eigenvalue weighted by Crippen LogP contribution is 2.40. The average molecular weight is 278 g/mol. The first-order chi connectivity index (χ1) is 9.56. The molecule has 5 atom stereocenters. The van der Waals surface area contributed by atoms with Crippen LogP contribution < -0.4 is 5.32 Å². The van der Waals surface area contributed by atoms with Gasteiger partial charge in [0.1, 0.15) is 0 Å². The molecule has 3 aliphatic rings. The second-order valence-electron chi connectivity index (χ2n) is 7.18. The molecule has 2 amide bonds. The molecule has 0 aromatic carbocycles. The third kappa shape index (κ3) is 2.99. The zero-order valence-electron chi connectivity index (χ0n) is 12.6. The molecule has 3 rings (SSSR count). The first-order valence-electron chi connectivity index (χ1n) is 8.12. The monoisotopic (exact) mass is 278 g/mol. The lowest BCUT2D eigenvalue weighted by Crippen LogP contribution is -2.44. The van der Waals surface area contributed by atoms with Crippen LogP contribution in [0.4, 0.5) is 0 Å². The number of nitrogens with zero attached hydrogens (tertiary/aromatic N) is 1. The van der Waals surface area contributed by atoms with Gasteiger partial charge in [0.15, 0.2) is 0 Å². The summed E-state index contributed by atoms with van der Waals surface area (Å²) in [6, 6.07) is 0. The Morgan fingerprint density at radius 1 is 1.15 bits per heavy atom. The number of rotatable bonds is 4. The molecule has 0 aromatic rings. The standard InChI is InChI=1S/C16H26N2O2/c1-10-6-13(10)15(19)17-8-12-4-3-5-18(9-12)16(20)14-7-11(14)2/h10-14H,3-9H2,1-2H3,(H,17,19)/t10?,11?,12-,13?,14?/m0/s1. The fourth-order valence-electron chi connectivity index (χ4n) is 3.40. The lowest BCUT2D eigenvalue weighted by atomic mass is 9.97. The van der Waals surface area contributed by atoms with Crippen LogP contribution in [0.25, 0.3) is 0 Å². The molecule has 1 N–H and O–H groups in total. The lowest BCUT2D eigenvalue weighted by Gasteiger charge is -2.33. The van der Waals surface area contributed by atoms with E-state index in [1.807, 2.05) is 4.90 Å². The zero-order valence-corrected chi connectivity index (χ0v) is 12.6. The number of carbonyl (C=O) groups excluding carboxylic acids is 2. The van der Waals surface area contributed by atoms with Gasteiger partial charge in [-0.25, -0.2) is 0 Å². The van der Waals surface area contributed by atoms with E-state index in [4.69, 9.17) is 0 Å². The van der Waals surface area contributed by atoms with Crippen molar-refractivity contribution >= 4 is 11.8 Å². The molecule has 0 radical (unpaired) electrons. The summed E-state index contributed by atoms with van der Waals surface area (Å²) in [5, 5.41) is 3.08. The summed E-state index contributed by atoms with van der Waals surface area (Å²) in [7, 11) is 0. The van der Waals surface area contributed by atoms with Gasteiger partial charge in [-0.15, -0.1) is 0 Å². The molecule has 1 heterocycles. The van der Waals surface area contributed by atoms with Gasteiger partial charge in [-0.3, -0.25) is 9.59 Å². The van der Waals surface area contributed by atoms with Crippen LogP contribution in [0.5, 0.6) is 0 Å². The lowest BCUT2D eigenvalue weighted by molar-refractivity contribution is -0.134. The minimum Gasteiger partial charge on any atom is -0.356 e. The maximum atomic E-state index is 12.3. The molecule has 2 saturated carbocycles. The number of nitrogens with one attached hydrogen (secondary N) is 1. The SMILES string of the molecule is CC1CC1C(=O)NC[C@@H]1CCCN(C(=O)C2CC2C)C1. The molecule has 112 valence electrons. The van der Waals surface area contributed by atoms with Crippen LogP contribution >= 0.6 is 0 Å². The van der Waals surface area contributed by atoms with E-state index in [9.17, 15) is 9.59 Å². The van der Waals surface area contributed by atoms with E-state index in [0.717, 1.165) is 45.3 Å². The molecular formula is C16H26N2O2. The van der Waals surface area contributed by atoms with Crippen molar-refractivity contribution in [3.8, 4) is 0 Å². The molecule has 4 heteroatoms. The smallest absolute Gasteiger partial charge is 0.225 e. The molecular weight excluding hydrogens is 252 g/mol. The van der Waals surface area contributed by atoms with Crippen LogP contribution in [-0.4, -0.2) is 36.3 Å². The highest BCUT2D eigenvalue weighted by molar-refractivity contribution is 5.82. The maximum Gasteiger partial charge on any atom is 0.225 e. The normalized spacial score (nSPS) is 39.3. The van der Waals surface area contributed by atoms with Crippen LogP contribution in [0.2, 0.25) is 0 Å². The third-order valence-corrected chi connectivity index (χ3v) is 5.27. The van der Waals surface area contributed by atoms with Gasteiger partial charge in [0.2, 0.25) is 11.8 Å². The minimum atomic E-state index is 0.219. The summed E-state index contributed by atoms with van der Waals surface area (Å²) in [5.74, 6) is 2.70. The van der Waals surface area contributed by atoms with E-state index in [1.165, 1.54) is 0 Å². The number of likely N-dealkylation sites (tertiary alicyclic amines) is 1. The van der Waals surface area contributed by atoms with Gasteiger partial charge in [0, 0.05) is 31.5 Å². The first kappa shape index (κ1) is 13.9. The molecule has 4 unspecified atom stereocenters. The van der Waals surface area contributed by atoms with Crippen molar-refractivity contribution in [3.05, 3.63) is 0 Å². The second kappa shape index (κ2) is 5.38. The Hall–Kier alpha value is -1.06. The van der Waals surface area contributed by atoms with Crippen LogP contribution in [0.3, 0.4) is 0 Å². The molecule has 0 spiro atoms. The first-order valence-corrected chi connectivity index (χ1v) is 8.12. The van der Waals surface area contributed by atoms with Crippen molar-refractivity contribution in [2.75, 3.05) is 19.6 Å².